The van der Waals surface area contributed by atoms with Crippen LogP contribution in [-0.2, 0) is 23.0 Å². The van der Waals surface area contributed by atoms with Crippen LogP contribution >= 0.6 is 11.3 Å². The van der Waals surface area contributed by atoms with Crippen LogP contribution in [0.3, 0.4) is 0 Å². The van der Waals surface area contributed by atoms with Gasteiger partial charge in [0.05, 0.1) is 4.90 Å². The summed E-state index contributed by atoms with van der Waals surface area (Å²) in [7, 11) is -3.78. The zero-order valence-corrected chi connectivity index (χ0v) is 19.6. The van der Waals surface area contributed by atoms with E-state index in [0.29, 0.717) is 31.0 Å². The summed E-state index contributed by atoms with van der Waals surface area (Å²) in [5.41, 5.74) is 1.57. The molecule has 5 rings (SSSR count). The van der Waals surface area contributed by atoms with Crippen molar-refractivity contribution in [3.63, 3.8) is 0 Å². The van der Waals surface area contributed by atoms with Gasteiger partial charge in [-0.15, -0.1) is 16.4 Å². The molecule has 2 aromatic carbocycles. The molecule has 12 heteroatoms. The van der Waals surface area contributed by atoms with Crippen LogP contribution in [0.25, 0.3) is 5.69 Å². The van der Waals surface area contributed by atoms with Gasteiger partial charge in [-0.1, -0.05) is 6.07 Å². The van der Waals surface area contributed by atoms with Gasteiger partial charge in [0.1, 0.15) is 11.5 Å². The summed E-state index contributed by atoms with van der Waals surface area (Å²) in [5, 5.41) is 15.6. The maximum atomic E-state index is 14.3. The third kappa shape index (κ3) is 4.11. The predicted octanol–water partition coefficient (Wildman–Crippen LogP) is 3.17. The molecule has 1 amide bonds. The molecule has 0 bridgehead atoms. The summed E-state index contributed by atoms with van der Waals surface area (Å²) < 4.78 is 43.4. The van der Waals surface area contributed by atoms with Crippen molar-refractivity contribution in [1.82, 2.24) is 24.5 Å². The van der Waals surface area contributed by atoms with E-state index < -0.39 is 21.7 Å². The van der Waals surface area contributed by atoms with Crippen molar-refractivity contribution in [3.8, 4) is 5.69 Å². The minimum absolute atomic E-state index is 0.0444. The van der Waals surface area contributed by atoms with Crippen LogP contribution in [0.2, 0.25) is 0 Å². The van der Waals surface area contributed by atoms with Crippen molar-refractivity contribution in [2.45, 2.75) is 24.8 Å². The fourth-order valence-corrected chi connectivity index (χ4v) is 6.14. The molecule has 3 heterocycles. The number of halogens is 1. The number of nitrogens with one attached hydrogen (secondary N) is 1. The first-order valence-electron chi connectivity index (χ1n) is 10.3. The maximum Gasteiger partial charge on any atom is 0.255 e. The topological polar surface area (TPSA) is 110 Å². The minimum Gasteiger partial charge on any atom is -0.322 e. The number of tetrazole rings is 1. The maximum absolute atomic E-state index is 14.3. The summed E-state index contributed by atoms with van der Waals surface area (Å²) in [5.74, 6) is -0.703. The van der Waals surface area contributed by atoms with E-state index in [0.717, 1.165) is 5.56 Å². The largest absolute Gasteiger partial charge is 0.322 e. The molecule has 0 saturated carbocycles. The highest BCUT2D eigenvalue weighted by atomic mass is 32.2. The number of nitrogens with zero attached hydrogens (tertiary/aromatic N) is 5. The lowest BCUT2D eigenvalue weighted by molar-refractivity contribution is 0.102. The summed E-state index contributed by atoms with van der Waals surface area (Å²) in [6.45, 7) is 2.33. The molecule has 4 aromatic rings. The molecule has 0 fully saturated rings. The Morgan fingerprint density at radius 2 is 2.03 bits per heavy atom. The van der Waals surface area contributed by atoms with E-state index in [2.05, 4.69) is 20.8 Å². The van der Waals surface area contributed by atoms with E-state index in [1.54, 1.807) is 18.3 Å². The highest BCUT2D eigenvalue weighted by Gasteiger charge is 2.29. The number of aromatic nitrogens is 4. The Balaban J connectivity index is 1.38. The highest BCUT2D eigenvalue weighted by Crippen LogP contribution is 2.28. The number of aryl methyl sites for hydroxylation is 1. The number of hydrogen-bond acceptors (Lipinski definition) is 7. The molecule has 0 atom stereocenters. The summed E-state index contributed by atoms with van der Waals surface area (Å²) in [6.07, 6.45) is 0.667. The van der Waals surface area contributed by atoms with Gasteiger partial charge in [-0.05, 0) is 77.2 Å². The number of rotatable bonds is 5. The van der Waals surface area contributed by atoms with Crippen LogP contribution in [0.1, 0.15) is 26.6 Å². The van der Waals surface area contributed by atoms with Gasteiger partial charge >= 0.3 is 0 Å². The standard InChI is InChI=1S/C22H19FN6O3S2/c1-14-25-26-27-29(14)20-12-17(5-6-19(20)23)24-22(30)15-3-2-4-18(11-15)34(31,32)28-9-7-21-16(13-28)8-10-33-21/h2-6,8,10-12H,7,9,13H2,1H3,(H,24,30). The second kappa shape index (κ2) is 8.70. The zero-order valence-electron chi connectivity index (χ0n) is 18.0. The van der Waals surface area contributed by atoms with Gasteiger partial charge in [-0.25, -0.2) is 12.8 Å². The van der Waals surface area contributed by atoms with Crippen molar-refractivity contribution in [2.24, 2.45) is 0 Å². The average Bonchev–Trinajstić information content (AvgIpc) is 3.48. The van der Waals surface area contributed by atoms with E-state index in [9.17, 15) is 17.6 Å². The van der Waals surface area contributed by atoms with Gasteiger partial charge in [-0.3, -0.25) is 4.79 Å². The normalized spacial score (nSPS) is 14.1. The number of carbonyl (C=O) groups is 1. The molecular formula is C22H19FN6O3S2. The van der Waals surface area contributed by atoms with Crippen molar-refractivity contribution in [1.29, 1.82) is 0 Å². The second-order valence-corrected chi connectivity index (χ2v) is 10.7. The first-order chi connectivity index (χ1) is 16.3. The molecule has 174 valence electrons. The molecule has 0 spiro atoms. The smallest absolute Gasteiger partial charge is 0.255 e. The van der Waals surface area contributed by atoms with E-state index in [1.165, 1.54) is 56.3 Å². The van der Waals surface area contributed by atoms with Gasteiger partial charge in [0, 0.05) is 29.2 Å². The van der Waals surface area contributed by atoms with Gasteiger partial charge in [0.15, 0.2) is 5.82 Å². The number of thiophene rings is 1. The van der Waals surface area contributed by atoms with Gasteiger partial charge in [0.25, 0.3) is 5.91 Å². The molecule has 1 aliphatic heterocycles. The summed E-state index contributed by atoms with van der Waals surface area (Å²) in [4.78, 5) is 14.1. The fourth-order valence-electron chi connectivity index (χ4n) is 3.78. The molecule has 0 unspecified atom stereocenters. The van der Waals surface area contributed by atoms with E-state index in [4.69, 9.17) is 0 Å². The van der Waals surface area contributed by atoms with Crippen LogP contribution < -0.4 is 5.32 Å². The van der Waals surface area contributed by atoms with Gasteiger partial charge < -0.3 is 5.32 Å². The van der Waals surface area contributed by atoms with Crippen LogP contribution in [0.4, 0.5) is 10.1 Å². The SMILES string of the molecule is Cc1nnnn1-c1cc(NC(=O)c2cccc(S(=O)(=O)N3CCc4sccc4C3)c2)ccc1F. The molecule has 9 nitrogen and oxygen atoms in total. The zero-order chi connectivity index (χ0) is 23.9. The Bertz CT molecular complexity index is 1500. The fraction of sp³-hybridized carbons (Fsp3) is 0.182. The molecule has 0 aliphatic carbocycles. The van der Waals surface area contributed by atoms with Crippen LogP contribution in [0.15, 0.2) is 58.8 Å². The quantitative estimate of drug-likeness (QED) is 0.453. The van der Waals surface area contributed by atoms with Crippen LogP contribution in [-0.4, -0.2) is 45.4 Å². The molecular weight excluding hydrogens is 479 g/mol. The van der Waals surface area contributed by atoms with E-state index in [-0.39, 0.29) is 16.1 Å². The average molecular weight is 499 g/mol. The molecule has 0 saturated heterocycles. The Morgan fingerprint density at radius 3 is 2.82 bits per heavy atom. The van der Waals surface area contributed by atoms with Crippen molar-refractivity contribution < 1.29 is 17.6 Å². The Labute approximate surface area is 198 Å². The lowest BCUT2D eigenvalue weighted by Crippen LogP contribution is -2.35. The molecule has 1 N–H and O–H groups in total. The number of amides is 1. The molecule has 2 aromatic heterocycles. The Hall–Kier alpha value is -3.48. The number of anilines is 1. The summed E-state index contributed by atoms with van der Waals surface area (Å²) >= 11 is 1.63. The lowest BCUT2D eigenvalue weighted by Gasteiger charge is -2.26. The van der Waals surface area contributed by atoms with Gasteiger partial charge in [-0.2, -0.15) is 8.99 Å². The lowest BCUT2D eigenvalue weighted by atomic mass is 10.1. The third-order valence-electron chi connectivity index (χ3n) is 5.56. The number of sulfonamides is 1. The third-order valence-corrected chi connectivity index (χ3v) is 8.43. The first-order valence-corrected chi connectivity index (χ1v) is 12.7. The van der Waals surface area contributed by atoms with Crippen LogP contribution in [0.5, 0.6) is 0 Å². The van der Waals surface area contributed by atoms with Crippen molar-refractivity contribution in [3.05, 3.63) is 81.6 Å². The monoisotopic (exact) mass is 498 g/mol. The number of carbonyl (C=O) groups excluding carboxylic acids is 1. The second-order valence-electron chi connectivity index (χ2n) is 7.74. The van der Waals surface area contributed by atoms with Gasteiger partial charge in [0.2, 0.25) is 10.0 Å². The minimum atomic E-state index is -3.78. The number of hydrogen-bond donors (Lipinski definition) is 1. The van der Waals surface area contributed by atoms with E-state index in [1.807, 2.05) is 11.4 Å². The first kappa shape index (κ1) is 22.3. The Kier molecular flexibility index (Phi) is 5.71. The van der Waals surface area contributed by atoms with Crippen molar-refractivity contribution in [2.75, 3.05) is 11.9 Å². The molecule has 0 radical (unpaired) electrons. The van der Waals surface area contributed by atoms with Crippen LogP contribution in [0, 0.1) is 12.7 Å². The predicted molar refractivity (Wildman–Crippen MR) is 124 cm³/mol. The van der Waals surface area contributed by atoms with E-state index >= 15 is 0 Å². The highest BCUT2D eigenvalue weighted by molar-refractivity contribution is 7.89. The molecule has 1 aliphatic rings. The Morgan fingerprint density at radius 1 is 1.18 bits per heavy atom. The number of fused-ring (bicyclic) bond motifs is 1. The summed E-state index contributed by atoms with van der Waals surface area (Å²) in [6, 6.07) is 11.8. The number of benzene rings is 2. The molecule has 34 heavy (non-hydrogen) atoms. The van der Waals surface area contributed by atoms with Crippen molar-refractivity contribution >= 4 is 33.0 Å².